The smallest absolute Gasteiger partial charge is 0.338 e. The van der Waals surface area contributed by atoms with Gasteiger partial charge in [0.25, 0.3) is 5.56 Å². The van der Waals surface area contributed by atoms with Crippen molar-refractivity contribution >= 4 is 51.9 Å². The SMILES string of the molecule is CCOC(=O)C1=C(C)N=c2s/c(=C\c3cc(I)c(OC(C)=O)c(OCC)c3)c(=O)n2[C@H]1c1ccccc1. The molecular formula is C27H25IN2O6S. The van der Waals surface area contributed by atoms with E-state index in [1.807, 2.05) is 43.3 Å². The maximum atomic E-state index is 13.7. The summed E-state index contributed by atoms with van der Waals surface area (Å²) in [5.74, 6) is -0.198. The van der Waals surface area contributed by atoms with Gasteiger partial charge in [-0.3, -0.25) is 14.2 Å². The van der Waals surface area contributed by atoms with Crippen molar-refractivity contribution in [2.45, 2.75) is 33.7 Å². The third kappa shape index (κ3) is 5.54. The lowest BCUT2D eigenvalue weighted by atomic mass is 9.96. The predicted octanol–water partition coefficient (Wildman–Crippen LogP) is 3.73. The number of hydrogen-bond donors (Lipinski definition) is 0. The van der Waals surface area contributed by atoms with Gasteiger partial charge in [0.1, 0.15) is 0 Å². The van der Waals surface area contributed by atoms with Crippen LogP contribution in [0.5, 0.6) is 11.5 Å². The molecule has 0 fully saturated rings. The zero-order valence-electron chi connectivity index (χ0n) is 20.7. The summed E-state index contributed by atoms with van der Waals surface area (Å²) in [6.45, 7) is 7.25. The Labute approximate surface area is 231 Å². The number of allylic oxidation sites excluding steroid dienone is 1. The topological polar surface area (TPSA) is 96.2 Å². The number of esters is 2. The lowest BCUT2D eigenvalue weighted by molar-refractivity contribution is -0.139. The average Bonchev–Trinajstić information content (AvgIpc) is 3.15. The van der Waals surface area contributed by atoms with Crippen molar-refractivity contribution in [1.29, 1.82) is 0 Å². The molecule has 2 aromatic carbocycles. The highest BCUT2D eigenvalue weighted by Gasteiger charge is 2.33. The van der Waals surface area contributed by atoms with Crippen LogP contribution < -0.4 is 24.4 Å². The molecule has 37 heavy (non-hydrogen) atoms. The molecule has 4 rings (SSSR count). The van der Waals surface area contributed by atoms with Gasteiger partial charge in [-0.2, -0.15) is 0 Å². The Morgan fingerprint density at radius 2 is 1.89 bits per heavy atom. The van der Waals surface area contributed by atoms with Crippen LogP contribution >= 0.6 is 33.9 Å². The lowest BCUT2D eigenvalue weighted by Gasteiger charge is -2.24. The van der Waals surface area contributed by atoms with Crippen LogP contribution in [0.15, 0.2) is 63.5 Å². The summed E-state index contributed by atoms with van der Waals surface area (Å²) in [5.41, 5.74) is 2.06. The average molecular weight is 632 g/mol. The number of carbonyl (C=O) groups excluding carboxylic acids is 2. The third-order valence-electron chi connectivity index (χ3n) is 5.51. The minimum Gasteiger partial charge on any atom is -0.490 e. The van der Waals surface area contributed by atoms with E-state index in [1.165, 1.54) is 18.3 Å². The highest BCUT2D eigenvalue weighted by Crippen LogP contribution is 2.35. The van der Waals surface area contributed by atoms with Crippen LogP contribution in [0.3, 0.4) is 0 Å². The minimum atomic E-state index is -0.663. The van der Waals surface area contributed by atoms with Crippen molar-refractivity contribution in [2.75, 3.05) is 13.2 Å². The van der Waals surface area contributed by atoms with Crippen LogP contribution in [0.4, 0.5) is 0 Å². The number of carbonyl (C=O) groups is 2. The summed E-state index contributed by atoms with van der Waals surface area (Å²) in [7, 11) is 0. The number of benzene rings is 2. The molecule has 192 valence electrons. The van der Waals surface area contributed by atoms with Gasteiger partial charge >= 0.3 is 11.9 Å². The Morgan fingerprint density at radius 1 is 1.16 bits per heavy atom. The summed E-state index contributed by atoms with van der Waals surface area (Å²) in [5, 5.41) is 0. The molecule has 1 aromatic heterocycles. The number of rotatable bonds is 7. The Hall–Kier alpha value is -3.25. The zero-order valence-corrected chi connectivity index (χ0v) is 23.7. The highest BCUT2D eigenvalue weighted by atomic mass is 127. The van der Waals surface area contributed by atoms with Gasteiger partial charge in [-0.1, -0.05) is 41.7 Å². The van der Waals surface area contributed by atoms with Crippen LogP contribution in [0.2, 0.25) is 0 Å². The van der Waals surface area contributed by atoms with Gasteiger partial charge in [-0.15, -0.1) is 0 Å². The Kier molecular flexibility index (Phi) is 8.28. The summed E-state index contributed by atoms with van der Waals surface area (Å²) in [6.07, 6.45) is 1.75. The van der Waals surface area contributed by atoms with Crippen LogP contribution in [0, 0.1) is 3.57 Å². The molecule has 1 atom stereocenters. The number of nitrogens with zero attached hydrogens (tertiary/aromatic N) is 2. The predicted molar refractivity (Wildman–Crippen MR) is 148 cm³/mol. The Bertz CT molecular complexity index is 1570. The van der Waals surface area contributed by atoms with Gasteiger partial charge in [0, 0.05) is 6.92 Å². The number of ether oxygens (including phenoxy) is 3. The second kappa shape index (κ2) is 11.4. The fraction of sp³-hybridized carbons (Fsp3) is 0.259. The first-order valence-corrected chi connectivity index (χ1v) is 13.5. The Morgan fingerprint density at radius 3 is 2.54 bits per heavy atom. The number of aromatic nitrogens is 1. The van der Waals surface area contributed by atoms with E-state index < -0.39 is 18.0 Å². The van der Waals surface area contributed by atoms with Gasteiger partial charge in [0.2, 0.25) is 0 Å². The van der Waals surface area contributed by atoms with Crippen LogP contribution in [0.1, 0.15) is 44.9 Å². The Balaban J connectivity index is 1.90. The van der Waals surface area contributed by atoms with E-state index in [2.05, 4.69) is 27.6 Å². The van der Waals surface area contributed by atoms with E-state index in [0.717, 1.165) is 5.56 Å². The summed E-state index contributed by atoms with van der Waals surface area (Å²) in [6, 6.07) is 12.2. The lowest BCUT2D eigenvalue weighted by Crippen LogP contribution is -2.39. The minimum absolute atomic E-state index is 0.214. The van der Waals surface area contributed by atoms with Gasteiger partial charge in [0.15, 0.2) is 16.3 Å². The third-order valence-corrected chi connectivity index (χ3v) is 7.29. The van der Waals surface area contributed by atoms with Crippen LogP contribution in [-0.4, -0.2) is 29.7 Å². The summed E-state index contributed by atoms with van der Waals surface area (Å²) >= 11 is 3.31. The van der Waals surface area contributed by atoms with Gasteiger partial charge in [-0.05, 0) is 72.7 Å². The highest BCUT2D eigenvalue weighted by molar-refractivity contribution is 14.1. The van der Waals surface area contributed by atoms with E-state index in [4.69, 9.17) is 14.2 Å². The normalized spacial score (nSPS) is 15.2. The first-order chi connectivity index (χ1) is 17.7. The molecule has 0 amide bonds. The molecule has 0 spiro atoms. The number of thiazole rings is 1. The fourth-order valence-corrected chi connectivity index (χ4v) is 5.85. The molecule has 0 N–H and O–H groups in total. The van der Waals surface area contributed by atoms with E-state index in [9.17, 15) is 14.4 Å². The second-order valence-electron chi connectivity index (χ2n) is 8.07. The van der Waals surface area contributed by atoms with Crippen molar-refractivity contribution in [3.05, 3.63) is 88.1 Å². The van der Waals surface area contributed by atoms with Crippen LogP contribution in [0.25, 0.3) is 6.08 Å². The quantitative estimate of drug-likeness (QED) is 0.224. The number of halogens is 1. The standard InChI is InChI=1S/C27H25IN2O6S/c1-5-34-20-13-17(12-19(28)24(20)36-16(4)31)14-21-25(32)30-23(18-10-8-7-9-11-18)22(26(33)35-6-2)15(3)29-27(30)37-21/h7-14,23H,5-6H2,1-4H3/b21-14-/t23-/m0/s1. The molecule has 1 aliphatic heterocycles. The molecule has 0 saturated heterocycles. The largest absolute Gasteiger partial charge is 0.490 e. The molecule has 0 unspecified atom stereocenters. The first-order valence-electron chi connectivity index (χ1n) is 11.6. The molecule has 0 aliphatic carbocycles. The van der Waals surface area contributed by atoms with E-state index >= 15 is 0 Å². The van der Waals surface area contributed by atoms with Crippen LogP contribution in [-0.2, 0) is 14.3 Å². The molecule has 1 aliphatic rings. The van der Waals surface area contributed by atoms with E-state index in [0.29, 0.717) is 47.8 Å². The second-order valence-corrected chi connectivity index (χ2v) is 10.2. The van der Waals surface area contributed by atoms with E-state index in [1.54, 1.807) is 30.6 Å². The fourth-order valence-electron chi connectivity index (χ4n) is 4.07. The van der Waals surface area contributed by atoms with E-state index in [-0.39, 0.29) is 12.2 Å². The maximum absolute atomic E-state index is 13.7. The van der Waals surface area contributed by atoms with Gasteiger partial charge in [0.05, 0.1) is 38.6 Å². The molecule has 0 bridgehead atoms. The molecule has 10 heteroatoms. The number of hydrogen-bond acceptors (Lipinski definition) is 8. The van der Waals surface area contributed by atoms with Crippen molar-refractivity contribution in [3.63, 3.8) is 0 Å². The summed E-state index contributed by atoms with van der Waals surface area (Å²) in [4.78, 5) is 43.3. The first kappa shape index (κ1) is 26.8. The molecular weight excluding hydrogens is 607 g/mol. The van der Waals surface area contributed by atoms with Crippen molar-refractivity contribution in [2.24, 2.45) is 4.99 Å². The molecule has 2 heterocycles. The van der Waals surface area contributed by atoms with Crippen molar-refractivity contribution in [3.8, 4) is 11.5 Å². The molecule has 8 nitrogen and oxygen atoms in total. The van der Waals surface area contributed by atoms with Crippen molar-refractivity contribution in [1.82, 2.24) is 4.57 Å². The monoisotopic (exact) mass is 632 g/mol. The molecule has 0 saturated carbocycles. The zero-order chi connectivity index (χ0) is 26.7. The number of fused-ring (bicyclic) bond motifs is 1. The molecule has 0 radical (unpaired) electrons. The maximum Gasteiger partial charge on any atom is 0.338 e. The van der Waals surface area contributed by atoms with Gasteiger partial charge < -0.3 is 14.2 Å². The summed E-state index contributed by atoms with van der Waals surface area (Å²) < 4.78 is 19.0. The molecule has 3 aromatic rings. The van der Waals surface area contributed by atoms with Crippen molar-refractivity contribution < 1.29 is 23.8 Å². The van der Waals surface area contributed by atoms with Gasteiger partial charge in [-0.25, -0.2) is 9.79 Å².